The van der Waals surface area contributed by atoms with Crippen LogP contribution >= 0.6 is 27.7 Å². The highest BCUT2D eigenvalue weighted by molar-refractivity contribution is 9.10. The summed E-state index contributed by atoms with van der Waals surface area (Å²) in [5.41, 5.74) is 1.01. The molecule has 1 nitrogen and oxygen atoms in total. The Bertz CT molecular complexity index is 531. The molecule has 0 fully saturated rings. The lowest BCUT2D eigenvalue weighted by Gasteiger charge is -2.05. The second-order valence-corrected chi connectivity index (χ2v) is 5.38. The Balaban J connectivity index is 2.08. The van der Waals surface area contributed by atoms with Crippen LogP contribution < -0.4 is 0 Å². The molecule has 0 heterocycles. The van der Waals surface area contributed by atoms with Crippen molar-refractivity contribution in [2.24, 2.45) is 0 Å². The van der Waals surface area contributed by atoms with Gasteiger partial charge in [0.15, 0.2) is 0 Å². The van der Waals surface area contributed by atoms with Crippen LogP contribution in [-0.4, -0.2) is 5.11 Å². The Morgan fingerprint density at radius 2 is 1.94 bits per heavy atom. The normalized spacial score (nSPS) is 10.5. The highest BCUT2D eigenvalue weighted by Gasteiger charge is 2.03. The summed E-state index contributed by atoms with van der Waals surface area (Å²) < 4.78 is 13.5. The zero-order valence-corrected chi connectivity index (χ0v) is 11.3. The fraction of sp³-hybridized carbons (Fsp3) is 0.0769. The molecule has 2 aromatic rings. The molecule has 0 atom stereocenters. The molecule has 88 valence electrons. The fourth-order valence-corrected chi connectivity index (χ4v) is 2.69. The van der Waals surface area contributed by atoms with Gasteiger partial charge >= 0.3 is 0 Å². The van der Waals surface area contributed by atoms with E-state index in [1.807, 2.05) is 12.1 Å². The predicted octanol–water partition coefficient (Wildman–Crippen LogP) is 4.59. The summed E-state index contributed by atoms with van der Waals surface area (Å²) in [7, 11) is 0. The van der Waals surface area contributed by atoms with Crippen LogP contribution in [0.25, 0.3) is 0 Å². The van der Waals surface area contributed by atoms with Crippen LogP contribution in [0.4, 0.5) is 4.39 Å². The lowest BCUT2D eigenvalue weighted by molar-refractivity contribution is 0.462. The Morgan fingerprint density at radius 1 is 1.18 bits per heavy atom. The average Bonchev–Trinajstić information content (AvgIpc) is 2.32. The van der Waals surface area contributed by atoms with Crippen molar-refractivity contribution in [1.29, 1.82) is 0 Å². The lowest BCUT2D eigenvalue weighted by atomic mass is 10.2. The molecule has 0 saturated carbocycles. The molecule has 0 radical (unpaired) electrons. The standard InChI is InChI=1S/C13H10BrFOS/c14-10-7-9(5-6-11(10)15)8-17-13-4-2-1-3-12(13)16/h1-7,16H,8H2. The van der Waals surface area contributed by atoms with Gasteiger partial charge < -0.3 is 5.11 Å². The third-order valence-electron chi connectivity index (χ3n) is 2.24. The van der Waals surface area contributed by atoms with Crippen LogP contribution in [0.3, 0.4) is 0 Å². The van der Waals surface area contributed by atoms with Crippen molar-refractivity contribution in [3.63, 3.8) is 0 Å². The molecule has 0 bridgehead atoms. The fourth-order valence-electron chi connectivity index (χ4n) is 1.37. The summed E-state index contributed by atoms with van der Waals surface area (Å²) in [4.78, 5) is 0.827. The Morgan fingerprint density at radius 3 is 2.65 bits per heavy atom. The van der Waals surface area contributed by atoms with Gasteiger partial charge in [-0.2, -0.15) is 0 Å². The molecule has 0 spiro atoms. The van der Waals surface area contributed by atoms with E-state index in [1.54, 1.807) is 24.3 Å². The smallest absolute Gasteiger partial charge is 0.137 e. The Labute approximate surface area is 112 Å². The summed E-state index contributed by atoms with van der Waals surface area (Å²) in [5, 5.41) is 9.60. The van der Waals surface area contributed by atoms with E-state index in [0.29, 0.717) is 10.2 Å². The highest BCUT2D eigenvalue weighted by Crippen LogP contribution is 2.31. The van der Waals surface area contributed by atoms with Crippen LogP contribution in [0.15, 0.2) is 51.8 Å². The first kappa shape index (κ1) is 12.5. The number of benzene rings is 2. The maximum atomic E-state index is 13.0. The maximum absolute atomic E-state index is 13.0. The topological polar surface area (TPSA) is 20.2 Å². The molecule has 0 amide bonds. The quantitative estimate of drug-likeness (QED) is 0.837. The molecule has 17 heavy (non-hydrogen) atoms. The van der Waals surface area contributed by atoms with Crippen LogP contribution in [-0.2, 0) is 5.75 Å². The van der Waals surface area contributed by atoms with Crippen LogP contribution in [0.5, 0.6) is 5.75 Å². The number of hydrogen-bond donors (Lipinski definition) is 1. The van der Waals surface area contributed by atoms with Crippen molar-refractivity contribution >= 4 is 27.7 Å². The Hall–Kier alpha value is -1.00. The van der Waals surface area contributed by atoms with E-state index in [4.69, 9.17) is 0 Å². The second kappa shape index (κ2) is 5.56. The van der Waals surface area contributed by atoms with Gasteiger partial charge in [0.25, 0.3) is 0 Å². The molecule has 2 aromatic carbocycles. The summed E-state index contributed by atoms with van der Waals surface area (Å²) in [6.45, 7) is 0. The zero-order valence-electron chi connectivity index (χ0n) is 8.86. The molecule has 0 aliphatic heterocycles. The van der Waals surface area contributed by atoms with Gasteiger partial charge in [0.05, 0.1) is 4.47 Å². The summed E-state index contributed by atoms with van der Waals surface area (Å²) >= 11 is 4.67. The average molecular weight is 313 g/mol. The van der Waals surface area contributed by atoms with E-state index in [-0.39, 0.29) is 11.6 Å². The number of rotatable bonds is 3. The number of aromatic hydroxyl groups is 1. The minimum Gasteiger partial charge on any atom is -0.507 e. The number of thioether (sulfide) groups is 1. The third kappa shape index (κ3) is 3.23. The van der Waals surface area contributed by atoms with Crippen molar-refractivity contribution in [3.8, 4) is 5.75 Å². The van der Waals surface area contributed by atoms with Gasteiger partial charge in [-0.3, -0.25) is 0 Å². The van der Waals surface area contributed by atoms with Gasteiger partial charge in [-0.05, 0) is 45.8 Å². The molecule has 0 aliphatic rings. The first-order valence-corrected chi connectivity index (χ1v) is 6.79. The molecular formula is C13H10BrFOS. The van der Waals surface area contributed by atoms with E-state index >= 15 is 0 Å². The van der Waals surface area contributed by atoms with Gasteiger partial charge in [0.1, 0.15) is 11.6 Å². The number of phenols is 1. The van der Waals surface area contributed by atoms with Gasteiger partial charge in [0, 0.05) is 10.6 Å². The summed E-state index contributed by atoms with van der Waals surface area (Å²) in [6, 6.07) is 12.1. The number of halogens is 2. The molecule has 2 rings (SSSR count). The maximum Gasteiger partial charge on any atom is 0.137 e. The van der Waals surface area contributed by atoms with Crippen molar-refractivity contribution in [3.05, 3.63) is 58.3 Å². The van der Waals surface area contributed by atoms with Crippen LogP contribution in [0.2, 0.25) is 0 Å². The van der Waals surface area contributed by atoms with Crippen molar-refractivity contribution < 1.29 is 9.50 Å². The van der Waals surface area contributed by atoms with E-state index in [0.717, 1.165) is 10.5 Å². The summed E-state index contributed by atoms with van der Waals surface area (Å²) in [5.74, 6) is 0.705. The second-order valence-electron chi connectivity index (χ2n) is 3.50. The molecule has 0 unspecified atom stereocenters. The SMILES string of the molecule is Oc1ccccc1SCc1ccc(F)c(Br)c1. The Kier molecular flexibility index (Phi) is 4.07. The van der Waals surface area contributed by atoms with Crippen molar-refractivity contribution in [1.82, 2.24) is 0 Å². The van der Waals surface area contributed by atoms with Gasteiger partial charge in [-0.15, -0.1) is 11.8 Å². The van der Waals surface area contributed by atoms with Gasteiger partial charge in [0.2, 0.25) is 0 Å². The van der Waals surface area contributed by atoms with Crippen LogP contribution in [0.1, 0.15) is 5.56 Å². The summed E-state index contributed by atoms with van der Waals surface area (Å²) in [6.07, 6.45) is 0. The molecular weight excluding hydrogens is 303 g/mol. The molecule has 1 N–H and O–H groups in total. The molecule has 0 aliphatic carbocycles. The number of phenolic OH excluding ortho intramolecular Hbond substituents is 1. The van der Waals surface area contributed by atoms with E-state index in [2.05, 4.69) is 15.9 Å². The number of hydrogen-bond acceptors (Lipinski definition) is 2. The highest BCUT2D eigenvalue weighted by atomic mass is 79.9. The minimum absolute atomic E-state index is 0.263. The van der Waals surface area contributed by atoms with E-state index in [9.17, 15) is 9.50 Å². The largest absolute Gasteiger partial charge is 0.507 e. The van der Waals surface area contributed by atoms with E-state index in [1.165, 1.54) is 17.8 Å². The van der Waals surface area contributed by atoms with Gasteiger partial charge in [-0.1, -0.05) is 18.2 Å². The lowest BCUT2D eigenvalue weighted by Crippen LogP contribution is -1.84. The molecule has 4 heteroatoms. The van der Waals surface area contributed by atoms with Crippen LogP contribution in [0, 0.1) is 5.82 Å². The van der Waals surface area contributed by atoms with Crippen molar-refractivity contribution in [2.45, 2.75) is 10.6 Å². The monoisotopic (exact) mass is 312 g/mol. The van der Waals surface area contributed by atoms with Gasteiger partial charge in [-0.25, -0.2) is 4.39 Å². The predicted molar refractivity (Wildman–Crippen MR) is 71.8 cm³/mol. The third-order valence-corrected chi connectivity index (χ3v) is 3.99. The molecule has 0 saturated heterocycles. The van der Waals surface area contributed by atoms with Crippen molar-refractivity contribution in [2.75, 3.05) is 0 Å². The minimum atomic E-state index is -0.263. The first-order valence-electron chi connectivity index (χ1n) is 5.01. The first-order chi connectivity index (χ1) is 8.16. The zero-order chi connectivity index (χ0) is 12.3. The molecule has 0 aromatic heterocycles. The van der Waals surface area contributed by atoms with E-state index < -0.39 is 0 Å². The number of para-hydroxylation sites is 1.